The van der Waals surface area contributed by atoms with Crippen LogP contribution in [0.15, 0.2) is 0 Å². The van der Waals surface area contributed by atoms with Gasteiger partial charge in [-0.15, -0.1) is 0 Å². The van der Waals surface area contributed by atoms with Crippen molar-refractivity contribution in [3.05, 3.63) is 0 Å². The van der Waals surface area contributed by atoms with E-state index in [1.54, 1.807) is 5.48 Å². The van der Waals surface area contributed by atoms with E-state index in [0.717, 1.165) is 32.4 Å². The van der Waals surface area contributed by atoms with Gasteiger partial charge in [0.1, 0.15) is 0 Å². The number of ketones is 1. The van der Waals surface area contributed by atoms with Crippen molar-refractivity contribution in [3.63, 3.8) is 0 Å². The van der Waals surface area contributed by atoms with Crippen LogP contribution in [0.3, 0.4) is 0 Å². The van der Waals surface area contributed by atoms with Gasteiger partial charge in [-0.25, -0.2) is 14.4 Å². The smallest absolute Gasteiger partial charge is 0.475 e. The maximum Gasteiger partial charge on any atom is 0.490 e. The van der Waals surface area contributed by atoms with Crippen LogP contribution in [0.1, 0.15) is 136 Å². The number of nitrogens with two attached hydrogens (primary N) is 1. The molecule has 0 bridgehead atoms. The molecule has 6 N–H and O–H groups in total. The third-order valence-electron chi connectivity index (χ3n) is 6.61. The normalized spacial score (nSPS) is 11.6. The maximum atomic E-state index is 12.5. The molecule has 0 heterocycles. The van der Waals surface area contributed by atoms with E-state index in [9.17, 15) is 32.3 Å². The molecule has 258 valence electrons. The minimum absolute atomic E-state index is 0.101. The van der Waals surface area contributed by atoms with Gasteiger partial charge in [-0.2, -0.15) is 18.7 Å². The summed E-state index contributed by atoms with van der Waals surface area (Å²) >= 11 is 0. The van der Waals surface area contributed by atoms with Crippen LogP contribution in [-0.2, 0) is 24.0 Å². The van der Waals surface area contributed by atoms with Crippen molar-refractivity contribution in [1.29, 1.82) is 0 Å². The Kier molecular flexibility index (Phi) is 28.3. The molecule has 44 heavy (non-hydrogen) atoms. The number of halogens is 3. The fourth-order valence-electron chi connectivity index (χ4n) is 4.12. The summed E-state index contributed by atoms with van der Waals surface area (Å²) in [6, 6.07) is -1.72. The largest absolute Gasteiger partial charge is 0.490 e. The summed E-state index contributed by atoms with van der Waals surface area (Å²) in [5.74, 6) is -3.78. The number of amides is 3. The summed E-state index contributed by atoms with van der Waals surface area (Å²) in [7, 11) is 0. The average Bonchev–Trinajstić information content (AvgIpc) is 2.96. The van der Waals surface area contributed by atoms with Gasteiger partial charge in [-0.1, -0.05) is 90.9 Å². The summed E-state index contributed by atoms with van der Waals surface area (Å²) in [5, 5.41) is 13.3. The molecule has 1 unspecified atom stereocenters. The lowest BCUT2D eigenvalue weighted by molar-refractivity contribution is -0.192. The van der Waals surface area contributed by atoms with Crippen molar-refractivity contribution >= 4 is 29.7 Å². The zero-order chi connectivity index (χ0) is 33.6. The number of unbranched alkanes of at least 4 members (excludes halogenated alkanes) is 12. The number of nitrogens with one attached hydrogen (secondary N) is 3. The molecule has 0 aromatic heterocycles. The van der Waals surface area contributed by atoms with Crippen LogP contribution in [0.25, 0.3) is 0 Å². The monoisotopic (exact) mass is 640 g/mol. The molecule has 0 aliphatic rings. The fourth-order valence-corrected chi connectivity index (χ4v) is 4.12. The molecule has 0 saturated heterocycles. The van der Waals surface area contributed by atoms with Crippen molar-refractivity contribution in [2.75, 3.05) is 13.1 Å². The van der Waals surface area contributed by atoms with E-state index >= 15 is 0 Å². The molecule has 0 aliphatic carbocycles. The first-order valence-corrected chi connectivity index (χ1v) is 15.9. The van der Waals surface area contributed by atoms with Gasteiger partial charge in [0.2, 0.25) is 5.91 Å². The maximum absolute atomic E-state index is 12.5. The summed E-state index contributed by atoms with van der Waals surface area (Å²) < 4.78 is 31.7. The predicted molar refractivity (Wildman–Crippen MR) is 161 cm³/mol. The molecular formula is C30H55F3N4O7. The van der Waals surface area contributed by atoms with E-state index in [-0.39, 0.29) is 24.5 Å². The van der Waals surface area contributed by atoms with Crippen molar-refractivity contribution < 1.29 is 47.1 Å². The third kappa shape index (κ3) is 30.6. The summed E-state index contributed by atoms with van der Waals surface area (Å²) in [6.45, 7) is 5.95. The molecule has 11 nitrogen and oxygen atoms in total. The Bertz CT molecular complexity index is 799. The molecule has 0 rings (SSSR count). The summed E-state index contributed by atoms with van der Waals surface area (Å²) in [5.41, 5.74) is 6.61. The fraction of sp³-hybridized carbons (Fsp3) is 0.833. The zero-order valence-corrected chi connectivity index (χ0v) is 26.5. The van der Waals surface area contributed by atoms with E-state index in [2.05, 4.69) is 22.4 Å². The molecular weight excluding hydrogens is 585 g/mol. The van der Waals surface area contributed by atoms with Crippen LogP contribution >= 0.6 is 0 Å². The number of aliphatic carboxylic acids is 1. The minimum atomic E-state index is -5.08. The SMILES string of the molecule is CCCCCCCCCCCCCCNCCCC(=O)NC(CCC(=O)ONC(N)=O)C(=O)CCCC.O=C(O)C(F)(F)F. The number of urea groups is 1. The molecule has 1 atom stereocenters. The second-order valence-corrected chi connectivity index (χ2v) is 10.7. The van der Waals surface area contributed by atoms with Crippen LogP contribution in [0, 0.1) is 0 Å². The van der Waals surface area contributed by atoms with Crippen LogP contribution in [0.5, 0.6) is 0 Å². The van der Waals surface area contributed by atoms with Gasteiger partial charge in [-0.3, -0.25) is 9.59 Å². The van der Waals surface area contributed by atoms with Gasteiger partial charge in [0, 0.05) is 12.8 Å². The highest BCUT2D eigenvalue weighted by atomic mass is 19.4. The molecule has 0 radical (unpaired) electrons. The number of hydrogen-bond acceptors (Lipinski definition) is 7. The van der Waals surface area contributed by atoms with Gasteiger partial charge in [0.25, 0.3) is 0 Å². The molecule has 0 aliphatic heterocycles. The Balaban J connectivity index is 0. The Morgan fingerprint density at radius 3 is 1.68 bits per heavy atom. The molecule has 14 heteroatoms. The molecule has 0 fully saturated rings. The number of carboxylic acids is 1. The number of hydrogen-bond donors (Lipinski definition) is 5. The van der Waals surface area contributed by atoms with E-state index in [1.165, 1.54) is 70.6 Å². The first-order valence-electron chi connectivity index (χ1n) is 15.9. The highest BCUT2D eigenvalue weighted by Crippen LogP contribution is 2.13. The van der Waals surface area contributed by atoms with Gasteiger partial charge < -0.3 is 26.3 Å². The number of rotatable bonds is 25. The number of carbonyl (C=O) groups excluding carboxylic acids is 4. The number of carboxylic acid groups (broad SMARTS) is 1. The number of hydroxylamine groups is 1. The Morgan fingerprint density at radius 2 is 1.20 bits per heavy atom. The van der Waals surface area contributed by atoms with Crippen LogP contribution in [-0.4, -0.2) is 60.1 Å². The molecule has 0 aromatic rings. The quantitative estimate of drug-likeness (QED) is 0.0610. The topological polar surface area (TPSA) is 177 Å². The van der Waals surface area contributed by atoms with Crippen LogP contribution < -0.4 is 21.8 Å². The van der Waals surface area contributed by atoms with Crippen molar-refractivity contribution in [3.8, 4) is 0 Å². The van der Waals surface area contributed by atoms with E-state index in [1.807, 2.05) is 6.92 Å². The molecule has 0 spiro atoms. The lowest BCUT2D eigenvalue weighted by Gasteiger charge is -2.17. The molecule has 3 amide bonds. The highest BCUT2D eigenvalue weighted by Gasteiger charge is 2.38. The van der Waals surface area contributed by atoms with E-state index in [4.69, 9.17) is 15.6 Å². The summed E-state index contributed by atoms with van der Waals surface area (Å²) in [6.07, 6.45) is 13.8. The van der Waals surface area contributed by atoms with E-state index < -0.39 is 30.2 Å². The molecule has 0 saturated carbocycles. The minimum Gasteiger partial charge on any atom is -0.475 e. The Labute approximate surface area is 259 Å². The first kappa shape index (κ1) is 43.2. The van der Waals surface area contributed by atoms with Crippen molar-refractivity contribution in [1.82, 2.24) is 16.1 Å². The number of Topliss-reactive ketones (excluding diaryl/α,β-unsaturated/α-hetero) is 1. The van der Waals surface area contributed by atoms with Gasteiger partial charge in [0.15, 0.2) is 5.78 Å². The highest BCUT2D eigenvalue weighted by molar-refractivity contribution is 5.89. The molecule has 0 aromatic carbocycles. The second kappa shape index (κ2) is 28.8. The lowest BCUT2D eigenvalue weighted by Crippen LogP contribution is -2.41. The number of primary amides is 1. The Morgan fingerprint density at radius 1 is 0.727 bits per heavy atom. The zero-order valence-electron chi connectivity index (χ0n) is 26.5. The average molecular weight is 641 g/mol. The Hall–Kier alpha value is -2.90. The van der Waals surface area contributed by atoms with Gasteiger partial charge in [0.05, 0.1) is 12.5 Å². The van der Waals surface area contributed by atoms with Crippen molar-refractivity contribution in [2.24, 2.45) is 5.73 Å². The van der Waals surface area contributed by atoms with Gasteiger partial charge >= 0.3 is 24.1 Å². The number of alkyl halides is 3. The second-order valence-electron chi connectivity index (χ2n) is 10.7. The van der Waals surface area contributed by atoms with E-state index in [0.29, 0.717) is 19.3 Å². The lowest BCUT2D eigenvalue weighted by atomic mass is 10.0. The van der Waals surface area contributed by atoms with Crippen molar-refractivity contribution in [2.45, 2.75) is 148 Å². The third-order valence-corrected chi connectivity index (χ3v) is 6.61. The predicted octanol–water partition coefficient (Wildman–Crippen LogP) is 5.84. The first-order chi connectivity index (χ1) is 20.8. The van der Waals surface area contributed by atoms with Crippen LogP contribution in [0.2, 0.25) is 0 Å². The standard InChI is InChI=1S/C28H54N4O5.C2HF3O2/c1-3-5-7-8-9-10-11-12-13-14-15-16-22-30-23-17-19-26(34)31-24(25(33)18-6-4-2)20-21-27(35)37-32-28(29)36;3-2(4,5)1(6)7/h24,30H,3-23H2,1-2H3,(H,31,34)(H3,29,32,36);(H,6,7). The number of carbonyl (C=O) groups is 5. The van der Waals surface area contributed by atoms with Crippen LogP contribution in [0.4, 0.5) is 18.0 Å². The summed E-state index contributed by atoms with van der Waals surface area (Å²) in [4.78, 5) is 60.5. The van der Waals surface area contributed by atoms with Gasteiger partial charge in [-0.05, 0) is 38.8 Å².